The van der Waals surface area contributed by atoms with Gasteiger partial charge < -0.3 is 9.64 Å². The Morgan fingerprint density at radius 1 is 1.03 bits per heavy atom. The van der Waals surface area contributed by atoms with Gasteiger partial charge in [-0.25, -0.2) is 13.2 Å². The second-order valence-corrected chi connectivity index (χ2v) is 9.08. The molecule has 0 saturated carbocycles. The van der Waals surface area contributed by atoms with E-state index in [1.54, 1.807) is 11.1 Å². The van der Waals surface area contributed by atoms with Crippen LogP contribution < -0.4 is 0 Å². The summed E-state index contributed by atoms with van der Waals surface area (Å²) in [6, 6.07) is 4.99. The molecule has 0 unspecified atom stereocenters. The van der Waals surface area contributed by atoms with Crippen LogP contribution in [0.1, 0.15) is 48.2 Å². The molecule has 34 heavy (non-hydrogen) atoms. The van der Waals surface area contributed by atoms with E-state index < -0.39 is 23.8 Å². The van der Waals surface area contributed by atoms with Crippen molar-refractivity contribution < 1.29 is 17.9 Å². The summed E-state index contributed by atoms with van der Waals surface area (Å²) >= 11 is 0. The Balaban J connectivity index is 1.31. The number of pyridine rings is 1. The Bertz CT molecular complexity index is 1250. The Morgan fingerprint density at radius 3 is 2.74 bits per heavy atom. The third-order valence-electron chi connectivity index (χ3n) is 6.93. The molecule has 2 fully saturated rings. The second kappa shape index (κ2) is 8.54. The Hall–Kier alpha value is -3.20. The molecule has 2 atom stereocenters. The minimum absolute atomic E-state index is 0.0742. The molecule has 6 nitrogen and oxygen atoms in total. The van der Waals surface area contributed by atoms with Crippen LogP contribution in [0.25, 0.3) is 11.1 Å². The van der Waals surface area contributed by atoms with Gasteiger partial charge in [0.1, 0.15) is 23.6 Å². The summed E-state index contributed by atoms with van der Waals surface area (Å²) in [6.07, 6.45) is 6.42. The third-order valence-corrected chi connectivity index (χ3v) is 6.93. The van der Waals surface area contributed by atoms with E-state index >= 15 is 0 Å². The van der Waals surface area contributed by atoms with Gasteiger partial charge in [-0.15, -0.1) is 0 Å². The van der Waals surface area contributed by atoms with Crippen molar-refractivity contribution >= 4 is 5.84 Å². The quantitative estimate of drug-likeness (QED) is 0.564. The SMILES string of the molecule is Fc1ccc(F)c([C@H]2C[C@H](F)CN2C2=NCc3ncc(-c4cnn(C5CCOCC5)c4)cc32)c1. The fourth-order valence-electron chi connectivity index (χ4n) is 5.17. The molecule has 0 amide bonds. The normalized spacial score (nSPS) is 22.8. The first kappa shape index (κ1) is 21.3. The number of fused-ring (bicyclic) bond motifs is 1. The number of halogens is 3. The maximum Gasteiger partial charge on any atom is 0.133 e. The molecular weight excluding hydrogens is 443 g/mol. The predicted molar refractivity (Wildman–Crippen MR) is 120 cm³/mol. The summed E-state index contributed by atoms with van der Waals surface area (Å²) in [5.41, 5.74) is 3.56. The van der Waals surface area contributed by atoms with E-state index in [0.29, 0.717) is 18.4 Å². The lowest BCUT2D eigenvalue weighted by molar-refractivity contribution is 0.0662. The average Bonchev–Trinajstić information content (AvgIpc) is 3.59. The van der Waals surface area contributed by atoms with E-state index in [-0.39, 0.29) is 18.5 Å². The lowest BCUT2D eigenvalue weighted by Gasteiger charge is -2.27. The molecule has 5 heterocycles. The van der Waals surface area contributed by atoms with Gasteiger partial charge in [0, 0.05) is 54.3 Å². The number of benzene rings is 1. The Morgan fingerprint density at radius 2 is 1.88 bits per heavy atom. The van der Waals surface area contributed by atoms with Crippen LogP contribution in [-0.4, -0.2) is 51.4 Å². The molecule has 0 bridgehead atoms. The van der Waals surface area contributed by atoms with Gasteiger partial charge in [0.2, 0.25) is 0 Å². The second-order valence-electron chi connectivity index (χ2n) is 9.08. The number of likely N-dealkylation sites (tertiary alicyclic amines) is 1. The van der Waals surface area contributed by atoms with Gasteiger partial charge >= 0.3 is 0 Å². The number of alkyl halides is 1. The fraction of sp³-hybridized carbons (Fsp3) is 0.400. The van der Waals surface area contributed by atoms with Gasteiger partial charge in [-0.3, -0.25) is 14.7 Å². The van der Waals surface area contributed by atoms with E-state index in [0.717, 1.165) is 66.6 Å². The molecule has 0 aliphatic carbocycles. The van der Waals surface area contributed by atoms with Crippen molar-refractivity contribution in [3.63, 3.8) is 0 Å². The van der Waals surface area contributed by atoms with Gasteiger partial charge in [-0.05, 0) is 37.1 Å². The zero-order valence-electron chi connectivity index (χ0n) is 18.5. The number of hydrogen-bond donors (Lipinski definition) is 0. The van der Waals surface area contributed by atoms with E-state index in [1.807, 2.05) is 23.1 Å². The van der Waals surface area contributed by atoms with Gasteiger partial charge in [-0.1, -0.05) is 0 Å². The smallest absolute Gasteiger partial charge is 0.133 e. The number of hydrogen-bond acceptors (Lipinski definition) is 5. The van der Waals surface area contributed by atoms with Crippen LogP contribution in [0.2, 0.25) is 0 Å². The molecule has 176 valence electrons. The third kappa shape index (κ3) is 3.77. The zero-order chi connectivity index (χ0) is 23.2. The molecule has 3 aliphatic rings. The van der Waals surface area contributed by atoms with Crippen LogP contribution in [0.15, 0.2) is 47.8 Å². The number of rotatable bonds is 3. The molecular formula is C25H24F3N5O. The van der Waals surface area contributed by atoms with Crippen LogP contribution in [0.4, 0.5) is 13.2 Å². The standard InChI is InChI=1S/C25H24F3N5O/c26-17-1-2-22(28)20(8-17)24-9-18(27)14-32(24)25-21-7-15(10-29-23(21)12-30-25)16-11-31-33(13-16)19-3-5-34-6-4-19/h1-2,7-8,10-11,13,18-19,24H,3-6,9,12,14H2/t18-,24+/m0/s1. The zero-order valence-corrected chi connectivity index (χ0v) is 18.5. The lowest BCUT2D eigenvalue weighted by Crippen LogP contribution is -2.32. The summed E-state index contributed by atoms with van der Waals surface area (Å²) in [6.45, 7) is 1.92. The summed E-state index contributed by atoms with van der Waals surface area (Å²) in [5, 5.41) is 4.55. The van der Waals surface area contributed by atoms with Crippen molar-refractivity contribution in [2.75, 3.05) is 19.8 Å². The van der Waals surface area contributed by atoms with Crippen LogP contribution in [-0.2, 0) is 11.3 Å². The van der Waals surface area contributed by atoms with Crippen LogP contribution in [0.3, 0.4) is 0 Å². The summed E-state index contributed by atoms with van der Waals surface area (Å²) < 4.78 is 50.4. The summed E-state index contributed by atoms with van der Waals surface area (Å²) in [7, 11) is 0. The number of amidine groups is 1. The van der Waals surface area contributed by atoms with Gasteiger partial charge in [-0.2, -0.15) is 5.10 Å². The molecule has 3 aliphatic heterocycles. The van der Waals surface area contributed by atoms with Crippen molar-refractivity contribution in [2.24, 2.45) is 4.99 Å². The molecule has 2 saturated heterocycles. The first-order valence-corrected chi connectivity index (χ1v) is 11.6. The van der Waals surface area contributed by atoms with Crippen molar-refractivity contribution in [3.8, 4) is 11.1 Å². The Labute approximate surface area is 195 Å². The molecule has 0 radical (unpaired) electrons. The van der Waals surface area contributed by atoms with Gasteiger partial charge in [0.25, 0.3) is 0 Å². The lowest BCUT2D eigenvalue weighted by atomic mass is 10.0. The largest absolute Gasteiger partial charge is 0.381 e. The highest BCUT2D eigenvalue weighted by molar-refractivity contribution is 6.02. The average molecular weight is 467 g/mol. The minimum atomic E-state index is -1.16. The summed E-state index contributed by atoms with van der Waals surface area (Å²) in [4.78, 5) is 11.0. The van der Waals surface area contributed by atoms with Crippen molar-refractivity contribution in [3.05, 3.63) is 71.3 Å². The molecule has 0 spiro atoms. The van der Waals surface area contributed by atoms with E-state index in [2.05, 4.69) is 15.1 Å². The van der Waals surface area contributed by atoms with Crippen molar-refractivity contribution in [1.82, 2.24) is 19.7 Å². The van der Waals surface area contributed by atoms with Gasteiger partial charge in [0.15, 0.2) is 0 Å². The first-order valence-electron chi connectivity index (χ1n) is 11.6. The number of ether oxygens (including phenoxy) is 1. The van der Waals surface area contributed by atoms with Crippen LogP contribution in [0.5, 0.6) is 0 Å². The van der Waals surface area contributed by atoms with Crippen molar-refractivity contribution in [1.29, 1.82) is 0 Å². The highest BCUT2D eigenvalue weighted by atomic mass is 19.1. The van der Waals surface area contributed by atoms with E-state index in [1.165, 1.54) is 0 Å². The molecule has 1 aromatic carbocycles. The van der Waals surface area contributed by atoms with Crippen molar-refractivity contribution in [2.45, 2.75) is 44.1 Å². The predicted octanol–water partition coefficient (Wildman–Crippen LogP) is 4.62. The Kier molecular flexibility index (Phi) is 5.36. The molecule has 9 heteroatoms. The number of nitrogens with zero attached hydrogens (tertiary/aromatic N) is 5. The molecule has 3 aromatic rings. The summed E-state index contributed by atoms with van der Waals surface area (Å²) in [5.74, 6) is -0.510. The molecule has 2 aromatic heterocycles. The first-order chi connectivity index (χ1) is 16.6. The number of aromatic nitrogens is 3. The monoisotopic (exact) mass is 467 g/mol. The van der Waals surface area contributed by atoms with Gasteiger partial charge in [0.05, 0.1) is 37.1 Å². The topological polar surface area (TPSA) is 55.5 Å². The highest BCUT2D eigenvalue weighted by Gasteiger charge is 2.39. The van der Waals surface area contributed by atoms with E-state index in [4.69, 9.17) is 4.74 Å². The molecule has 6 rings (SSSR count). The van der Waals surface area contributed by atoms with Crippen LogP contribution >= 0.6 is 0 Å². The maximum atomic E-state index is 14.6. The molecule has 0 N–H and O–H groups in total. The minimum Gasteiger partial charge on any atom is -0.381 e. The fourth-order valence-corrected chi connectivity index (χ4v) is 5.17. The van der Waals surface area contributed by atoms with Crippen LogP contribution in [0, 0.1) is 11.6 Å². The maximum absolute atomic E-state index is 14.6. The number of aliphatic imine (C=N–C) groups is 1. The highest BCUT2D eigenvalue weighted by Crippen LogP contribution is 2.38. The van der Waals surface area contributed by atoms with E-state index in [9.17, 15) is 13.2 Å².